The first-order valence-electron chi connectivity index (χ1n) is 6.91. The molecule has 108 valence electrons. The van der Waals surface area contributed by atoms with Gasteiger partial charge in [-0.25, -0.2) is 0 Å². The molecular weight excluding hydrogens is 284 g/mol. The zero-order valence-corrected chi connectivity index (χ0v) is 12.8. The average Bonchev–Trinajstić information content (AvgIpc) is 2.45. The summed E-state index contributed by atoms with van der Waals surface area (Å²) in [6, 6.07) is 15.5. The number of anilines is 1. The highest BCUT2D eigenvalue weighted by atomic mass is 35.5. The summed E-state index contributed by atoms with van der Waals surface area (Å²) in [4.78, 5) is 14.4. The van der Waals surface area contributed by atoms with E-state index in [1.165, 1.54) is 0 Å². The Bertz CT molecular complexity index is 679. The summed E-state index contributed by atoms with van der Waals surface area (Å²) in [5.74, 6) is -0.0250. The maximum absolute atomic E-state index is 12.2. The minimum atomic E-state index is -0.439. The van der Waals surface area contributed by atoms with Crippen LogP contribution in [0.1, 0.15) is 29.8 Å². The quantitative estimate of drug-likeness (QED) is 0.914. The zero-order valence-electron chi connectivity index (χ0n) is 12.1. The Hall–Kier alpha value is -2.00. The molecule has 0 aromatic heterocycles. The molecule has 0 bridgehead atoms. The van der Waals surface area contributed by atoms with Crippen LogP contribution in [0.4, 0.5) is 5.69 Å². The summed E-state index contributed by atoms with van der Waals surface area (Å²) in [5.41, 5.74) is 2.39. The van der Waals surface area contributed by atoms with Gasteiger partial charge in [0.1, 0.15) is 5.66 Å². The fourth-order valence-corrected chi connectivity index (χ4v) is 2.80. The lowest BCUT2D eigenvalue weighted by atomic mass is 10.0. The van der Waals surface area contributed by atoms with Crippen LogP contribution in [-0.2, 0) is 6.54 Å². The van der Waals surface area contributed by atoms with E-state index in [4.69, 9.17) is 11.6 Å². The fraction of sp³-hybridized carbons (Fsp3) is 0.235. The number of carbonyl (C=O) groups is 1. The summed E-state index contributed by atoms with van der Waals surface area (Å²) in [6.45, 7) is 4.73. The SMILES string of the molecule is CC1(C)NC(=O)c2ccccc2N1Cc1ccc(Cl)cc1. The van der Waals surface area contributed by atoms with Gasteiger partial charge in [-0.15, -0.1) is 0 Å². The Morgan fingerprint density at radius 2 is 1.76 bits per heavy atom. The summed E-state index contributed by atoms with van der Waals surface area (Å²) >= 11 is 5.94. The Morgan fingerprint density at radius 1 is 1.10 bits per heavy atom. The van der Waals surface area contributed by atoms with E-state index in [0.29, 0.717) is 12.1 Å². The van der Waals surface area contributed by atoms with Crippen LogP contribution in [0, 0.1) is 0 Å². The van der Waals surface area contributed by atoms with Crippen LogP contribution >= 0.6 is 11.6 Å². The van der Waals surface area contributed by atoms with Gasteiger partial charge in [0.25, 0.3) is 5.91 Å². The Morgan fingerprint density at radius 3 is 2.48 bits per heavy atom. The number of amides is 1. The molecule has 0 saturated carbocycles. The van der Waals surface area contributed by atoms with Gasteiger partial charge in [-0.2, -0.15) is 0 Å². The molecule has 1 N–H and O–H groups in total. The Balaban J connectivity index is 2.01. The van der Waals surface area contributed by atoms with Crippen molar-refractivity contribution in [1.29, 1.82) is 0 Å². The number of hydrogen-bond acceptors (Lipinski definition) is 2. The van der Waals surface area contributed by atoms with Crippen LogP contribution in [0.15, 0.2) is 48.5 Å². The molecule has 1 aliphatic heterocycles. The average molecular weight is 301 g/mol. The van der Waals surface area contributed by atoms with E-state index in [1.807, 2.05) is 62.4 Å². The predicted octanol–water partition coefficient (Wildman–Crippen LogP) is 3.83. The maximum atomic E-state index is 12.2. The van der Waals surface area contributed by atoms with Crippen molar-refractivity contribution >= 4 is 23.2 Å². The van der Waals surface area contributed by atoms with Crippen molar-refractivity contribution in [2.24, 2.45) is 0 Å². The van der Waals surface area contributed by atoms with E-state index in [-0.39, 0.29) is 5.91 Å². The fourth-order valence-electron chi connectivity index (χ4n) is 2.67. The van der Waals surface area contributed by atoms with E-state index in [2.05, 4.69) is 10.2 Å². The van der Waals surface area contributed by atoms with Crippen molar-refractivity contribution < 1.29 is 4.79 Å². The van der Waals surface area contributed by atoms with Gasteiger partial charge in [0.05, 0.1) is 11.3 Å². The number of halogens is 1. The second-order valence-electron chi connectivity index (χ2n) is 5.74. The van der Waals surface area contributed by atoms with Crippen molar-refractivity contribution in [1.82, 2.24) is 5.32 Å². The summed E-state index contributed by atoms with van der Waals surface area (Å²) < 4.78 is 0. The first-order valence-corrected chi connectivity index (χ1v) is 7.29. The van der Waals surface area contributed by atoms with Crippen molar-refractivity contribution in [2.45, 2.75) is 26.1 Å². The van der Waals surface area contributed by atoms with Crippen LogP contribution < -0.4 is 10.2 Å². The van der Waals surface area contributed by atoms with E-state index in [9.17, 15) is 4.79 Å². The summed E-state index contributed by atoms with van der Waals surface area (Å²) in [5, 5.41) is 3.78. The Labute approximate surface area is 129 Å². The standard InChI is InChI=1S/C17H17ClN2O/c1-17(2)19-16(21)14-5-3-4-6-15(14)20(17)11-12-7-9-13(18)10-8-12/h3-10H,11H2,1-2H3,(H,19,21). The number of carbonyl (C=O) groups excluding carboxylic acids is 1. The molecule has 3 rings (SSSR count). The third kappa shape index (κ3) is 2.61. The van der Waals surface area contributed by atoms with Gasteiger partial charge in [-0.3, -0.25) is 4.79 Å². The van der Waals surface area contributed by atoms with Gasteiger partial charge in [0.2, 0.25) is 0 Å². The minimum absolute atomic E-state index is 0.0250. The number of hydrogen-bond donors (Lipinski definition) is 1. The van der Waals surface area contributed by atoms with E-state index >= 15 is 0 Å². The van der Waals surface area contributed by atoms with Crippen LogP contribution in [-0.4, -0.2) is 11.6 Å². The van der Waals surface area contributed by atoms with Crippen molar-refractivity contribution in [2.75, 3.05) is 4.90 Å². The van der Waals surface area contributed by atoms with Crippen molar-refractivity contribution in [3.63, 3.8) is 0 Å². The molecule has 1 amide bonds. The number of nitrogens with one attached hydrogen (secondary N) is 1. The second-order valence-corrected chi connectivity index (χ2v) is 6.18. The molecule has 0 atom stereocenters. The molecule has 0 fully saturated rings. The van der Waals surface area contributed by atoms with E-state index in [0.717, 1.165) is 16.3 Å². The van der Waals surface area contributed by atoms with E-state index < -0.39 is 5.66 Å². The lowest BCUT2D eigenvalue weighted by Gasteiger charge is -2.45. The molecular formula is C17H17ClN2O. The van der Waals surface area contributed by atoms with Gasteiger partial charge in [-0.1, -0.05) is 35.9 Å². The second kappa shape index (κ2) is 5.08. The number of benzene rings is 2. The normalized spacial score (nSPS) is 16.3. The van der Waals surface area contributed by atoms with E-state index in [1.54, 1.807) is 0 Å². The molecule has 3 nitrogen and oxygen atoms in total. The molecule has 0 spiro atoms. The lowest BCUT2D eigenvalue weighted by Crippen LogP contribution is -2.60. The number of rotatable bonds is 2. The van der Waals surface area contributed by atoms with Gasteiger partial charge in [0, 0.05) is 11.6 Å². The number of para-hydroxylation sites is 1. The highest BCUT2D eigenvalue weighted by molar-refractivity contribution is 6.30. The topological polar surface area (TPSA) is 32.3 Å². The smallest absolute Gasteiger partial charge is 0.255 e. The van der Waals surface area contributed by atoms with Gasteiger partial charge >= 0.3 is 0 Å². The highest BCUT2D eigenvalue weighted by Gasteiger charge is 2.36. The number of nitrogens with zero attached hydrogens (tertiary/aromatic N) is 1. The molecule has 0 unspecified atom stereocenters. The monoisotopic (exact) mass is 300 g/mol. The van der Waals surface area contributed by atoms with Crippen molar-refractivity contribution in [3.8, 4) is 0 Å². The molecule has 2 aromatic rings. The molecule has 1 heterocycles. The highest BCUT2D eigenvalue weighted by Crippen LogP contribution is 2.32. The lowest BCUT2D eigenvalue weighted by molar-refractivity contribution is 0.0897. The third-order valence-corrected chi connectivity index (χ3v) is 4.04. The Kier molecular flexibility index (Phi) is 3.38. The minimum Gasteiger partial charge on any atom is -0.344 e. The third-order valence-electron chi connectivity index (χ3n) is 3.79. The van der Waals surface area contributed by atoms with Gasteiger partial charge in [-0.05, 0) is 43.7 Å². The summed E-state index contributed by atoms with van der Waals surface area (Å²) in [7, 11) is 0. The molecule has 0 radical (unpaired) electrons. The predicted molar refractivity (Wildman–Crippen MR) is 85.6 cm³/mol. The molecule has 2 aromatic carbocycles. The first-order chi connectivity index (χ1) is 9.97. The maximum Gasteiger partial charge on any atom is 0.255 e. The zero-order chi connectivity index (χ0) is 15.0. The van der Waals surface area contributed by atoms with Crippen molar-refractivity contribution in [3.05, 3.63) is 64.7 Å². The molecule has 4 heteroatoms. The van der Waals surface area contributed by atoms with Gasteiger partial charge < -0.3 is 10.2 Å². The molecule has 0 aliphatic carbocycles. The van der Waals surface area contributed by atoms with Gasteiger partial charge in [0.15, 0.2) is 0 Å². The van der Waals surface area contributed by atoms with Crippen LogP contribution in [0.5, 0.6) is 0 Å². The van der Waals surface area contributed by atoms with Crippen LogP contribution in [0.3, 0.4) is 0 Å². The largest absolute Gasteiger partial charge is 0.344 e. The van der Waals surface area contributed by atoms with Crippen LogP contribution in [0.2, 0.25) is 5.02 Å². The van der Waals surface area contributed by atoms with Crippen LogP contribution in [0.25, 0.3) is 0 Å². The number of fused-ring (bicyclic) bond motifs is 1. The first kappa shape index (κ1) is 14.0. The molecule has 0 saturated heterocycles. The summed E-state index contributed by atoms with van der Waals surface area (Å²) in [6.07, 6.45) is 0. The molecule has 1 aliphatic rings. The molecule has 21 heavy (non-hydrogen) atoms.